The standard InChI is InChI=1S/C22H32F3N3O2/c1-21(2,3)30-20(29)28-10-6-15(7-11-28)13-27-9-8-18(22(24,25)14-27)17-5-4-16(26)12-19(17)23/h4-5,12,15,18H,6-11,13-14,26H2,1-3H3. The van der Waals surface area contributed by atoms with E-state index in [4.69, 9.17) is 10.5 Å². The summed E-state index contributed by atoms with van der Waals surface area (Å²) in [6.45, 7) is 7.32. The SMILES string of the molecule is CC(C)(C)OC(=O)N1CCC(CN2CCC(c3ccc(N)cc3F)C(F)(F)C2)CC1. The number of rotatable bonds is 3. The summed E-state index contributed by atoms with van der Waals surface area (Å²) < 4.78 is 49.3. The zero-order valence-electron chi connectivity index (χ0n) is 18.0. The maximum Gasteiger partial charge on any atom is 0.410 e. The second-order valence-corrected chi connectivity index (χ2v) is 9.53. The van der Waals surface area contributed by atoms with E-state index in [1.165, 1.54) is 12.1 Å². The molecule has 1 atom stereocenters. The molecule has 30 heavy (non-hydrogen) atoms. The fourth-order valence-electron chi connectivity index (χ4n) is 4.36. The Morgan fingerprint density at radius 3 is 2.43 bits per heavy atom. The van der Waals surface area contributed by atoms with Crippen LogP contribution in [-0.2, 0) is 4.74 Å². The lowest BCUT2D eigenvalue weighted by Gasteiger charge is -2.41. The number of halogens is 3. The smallest absolute Gasteiger partial charge is 0.410 e. The van der Waals surface area contributed by atoms with Crippen molar-refractivity contribution in [3.05, 3.63) is 29.6 Å². The van der Waals surface area contributed by atoms with Gasteiger partial charge in [0.25, 0.3) is 5.92 Å². The van der Waals surface area contributed by atoms with Gasteiger partial charge in [0.2, 0.25) is 0 Å². The fourth-order valence-corrected chi connectivity index (χ4v) is 4.36. The first-order valence-corrected chi connectivity index (χ1v) is 10.6. The monoisotopic (exact) mass is 427 g/mol. The number of amides is 1. The lowest BCUT2D eigenvalue weighted by atomic mass is 9.85. The average Bonchev–Trinajstić information content (AvgIpc) is 2.61. The average molecular weight is 428 g/mol. The molecule has 0 aliphatic carbocycles. The molecule has 3 rings (SSSR count). The third-order valence-electron chi connectivity index (χ3n) is 5.86. The van der Waals surface area contributed by atoms with Crippen molar-refractivity contribution in [3.8, 4) is 0 Å². The van der Waals surface area contributed by atoms with Crippen molar-refractivity contribution in [2.24, 2.45) is 5.92 Å². The summed E-state index contributed by atoms with van der Waals surface area (Å²) in [5, 5.41) is 0. The highest BCUT2D eigenvalue weighted by Gasteiger charge is 2.46. The number of carbonyl (C=O) groups is 1. The third kappa shape index (κ3) is 5.59. The van der Waals surface area contributed by atoms with Crippen LogP contribution in [-0.4, -0.2) is 60.1 Å². The van der Waals surface area contributed by atoms with Crippen molar-refractivity contribution < 1.29 is 22.7 Å². The van der Waals surface area contributed by atoms with Gasteiger partial charge in [-0.25, -0.2) is 18.0 Å². The zero-order chi connectivity index (χ0) is 22.1. The van der Waals surface area contributed by atoms with Crippen LogP contribution >= 0.6 is 0 Å². The van der Waals surface area contributed by atoms with Gasteiger partial charge in [0.05, 0.1) is 12.5 Å². The minimum Gasteiger partial charge on any atom is -0.444 e. The van der Waals surface area contributed by atoms with E-state index in [1.807, 2.05) is 20.8 Å². The summed E-state index contributed by atoms with van der Waals surface area (Å²) in [6.07, 6.45) is 1.40. The third-order valence-corrected chi connectivity index (χ3v) is 5.86. The molecule has 0 saturated carbocycles. The van der Waals surface area contributed by atoms with Gasteiger partial charge in [0.15, 0.2) is 0 Å². The number of anilines is 1. The molecule has 8 heteroatoms. The number of piperidine rings is 2. The molecule has 2 N–H and O–H groups in total. The molecule has 2 saturated heterocycles. The summed E-state index contributed by atoms with van der Waals surface area (Å²) in [7, 11) is 0. The molecule has 0 bridgehead atoms. The Hall–Kier alpha value is -1.96. The highest BCUT2D eigenvalue weighted by atomic mass is 19.3. The van der Waals surface area contributed by atoms with E-state index >= 15 is 0 Å². The summed E-state index contributed by atoms with van der Waals surface area (Å²) in [5.74, 6) is -4.55. The molecule has 2 aliphatic rings. The Bertz CT molecular complexity index is 758. The van der Waals surface area contributed by atoms with Crippen LogP contribution in [0.25, 0.3) is 0 Å². The van der Waals surface area contributed by atoms with Gasteiger partial charge < -0.3 is 15.4 Å². The maximum absolute atomic E-state index is 14.9. The first-order chi connectivity index (χ1) is 13.9. The number of carbonyl (C=O) groups excluding carboxylic acids is 1. The molecule has 2 heterocycles. The van der Waals surface area contributed by atoms with Crippen LogP contribution in [0.5, 0.6) is 0 Å². The molecule has 1 aromatic carbocycles. The van der Waals surface area contributed by atoms with Gasteiger partial charge in [0, 0.05) is 25.3 Å². The van der Waals surface area contributed by atoms with Crippen LogP contribution in [0.2, 0.25) is 0 Å². The van der Waals surface area contributed by atoms with Crippen LogP contribution in [0.4, 0.5) is 23.7 Å². The molecule has 1 unspecified atom stereocenters. The lowest BCUT2D eigenvalue weighted by Crippen LogP contribution is -2.50. The topological polar surface area (TPSA) is 58.8 Å². The highest BCUT2D eigenvalue weighted by Crippen LogP contribution is 2.42. The minimum absolute atomic E-state index is 0.0412. The van der Waals surface area contributed by atoms with Crippen molar-refractivity contribution in [1.29, 1.82) is 0 Å². The van der Waals surface area contributed by atoms with Crippen molar-refractivity contribution in [3.63, 3.8) is 0 Å². The number of nitrogens with two attached hydrogens (primary N) is 1. The Labute approximate surface area is 176 Å². The number of alkyl halides is 2. The summed E-state index contributed by atoms with van der Waals surface area (Å²) >= 11 is 0. The van der Waals surface area contributed by atoms with Crippen LogP contribution in [0, 0.1) is 11.7 Å². The molecule has 168 valence electrons. The van der Waals surface area contributed by atoms with E-state index in [2.05, 4.69) is 0 Å². The molecular formula is C22H32F3N3O2. The van der Waals surface area contributed by atoms with Crippen molar-refractivity contribution in [2.45, 2.75) is 57.5 Å². The van der Waals surface area contributed by atoms with Crippen LogP contribution in [0.3, 0.4) is 0 Å². The van der Waals surface area contributed by atoms with Gasteiger partial charge in [-0.05, 0) is 70.2 Å². The number of benzene rings is 1. The van der Waals surface area contributed by atoms with Crippen molar-refractivity contribution in [2.75, 3.05) is 38.5 Å². The Morgan fingerprint density at radius 1 is 1.20 bits per heavy atom. The normalized spacial score (nSPS) is 23.4. The highest BCUT2D eigenvalue weighted by molar-refractivity contribution is 5.68. The van der Waals surface area contributed by atoms with Gasteiger partial charge in [0.1, 0.15) is 11.4 Å². The number of ether oxygens (including phenoxy) is 1. The fraction of sp³-hybridized carbons (Fsp3) is 0.682. The predicted molar refractivity (Wildman–Crippen MR) is 110 cm³/mol. The van der Waals surface area contributed by atoms with E-state index in [0.717, 1.165) is 18.9 Å². The Balaban J connectivity index is 1.52. The molecule has 1 aromatic rings. The Kier molecular flexibility index (Phi) is 6.55. The van der Waals surface area contributed by atoms with Crippen molar-refractivity contribution in [1.82, 2.24) is 9.80 Å². The number of nitrogen functional groups attached to an aromatic ring is 1. The van der Waals surface area contributed by atoms with E-state index in [1.54, 1.807) is 9.80 Å². The van der Waals surface area contributed by atoms with E-state index in [9.17, 15) is 18.0 Å². The minimum atomic E-state index is -3.01. The zero-order valence-corrected chi connectivity index (χ0v) is 18.0. The second-order valence-electron chi connectivity index (χ2n) is 9.53. The first kappa shape index (κ1) is 22.7. The van der Waals surface area contributed by atoms with E-state index in [-0.39, 0.29) is 36.2 Å². The van der Waals surface area contributed by atoms with Crippen LogP contribution in [0.15, 0.2) is 18.2 Å². The summed E-state index contributed by atoms with van der Waals surface area (Å²) in [6, 6.07) is 3.96. The van der Waals surface area contributed by atoms with E-state index < -0.39 is 23.3 Å². The molecule has 2 aliphatic heterocycles. The first-order valence-electron chi connectivity index (χ1n) is 10.6. The van der Waals surface area contributed by atoms with Gasteiger partial charge in [-0.2, -0.15) is 0 Å². The van der Waals surface area contributed by atoms with Crippen molar-refractivity contribution >= 4 is 11.8 Å². The van der Waals surface area contributed by atoms with Gasteiger partial charge in [-0.1, -0.05) is 6.07 Å². The molecule has 1 amide bonds. The molecule has 0 aromatic heterocycles. The maximum atomic E-state index is 14.9. The van der Waals surface area contributed by atoms with E-state index in [0.29, 0.717) is 26.2 Å². The number of nitrogens with zero attached hydrogens (tertiary/aromatic N) is 2. The molecule has 2 fully saturated rings. The lowest BCUT2D eigenvalue weighted by molar-refractivity contribution is -0.0874. The molecule has 5 nitrogen and oxygen atoms in total. The van der Waals surface area contributed by atoms with Gasteiger partial charge in [-0.15, -0.1) is 0 Å². The van der Waals surface area contributed by atoms with Crippen LogP contribution in [0.1, 0.15) is 51.5 Å². The quantitative estimate of drug-likeness (QED) is 0.723. The number of likely N-dealkylation sites (tertiary alicyclic amines) is 2. The van der Waals surface area contributed by atoms with Gasteiger partial charge >= 0.3 is 6.09 Å². The summed E-state index contributed by atoms with van der Waals surface area (Å²) in [5.41, 5.74) is 5.28. The Morgan fingerprint density at radius 2 is 1.87 bits per heavy atom. The van der Waals surface area contributed by atoms with Crippen LogP contribution < -0.4 is 5.73 Å². The van der Waals surface area contributed by atoms with Gasteiger partial charge in [-0.3, -0.25) is 4.90 Å². The largest absolute Gasteiger partial charge is 0.444 e. The predicted octanol–water partition coefficient (Wildman–Crippen LogP) is 4.48. The number of hydrogen-bond donors (Lipinski definition) is 1. The number of hydrogen-bond acceptors (Lipinski definition) is 4. The molecule has 0 radical (unpaired) electrons. The summed E-state index contributed by atoms with van der Waals surface area (Å²) in [4.78, 5) is 15.6. The molecular weight excluding hydrogens is 395 g/mol. The second kappa shape index (κ2) is 8.65. The molecule has 0 spiro atoms.